The van der Waals surface area contributed by atoms with Gasteiger partial charge in [-0.3, -0.25) is 4.79 Å². The molecule has 1 aromatic carbocycles. The van der Waals surface area contributed by atoms with E-state index in [1.54, 1.807) is 34.1 Å². The summed E-state index contributed by atoms with van der Waals surface area (Å²) in [6, 6.07) is 7.22. The molecule has 0 radical (unpaired) electrons. The first-order chi connectivity index (χ1) is 13.6. The summed E-state index contributed by atoms with van der Waals surface area (Å²) < 4.78 is 7.08. The highest BCUT2D eigenvalue weighted by Crippen LogP contribution is 2.20. The van der Waals surface area contributed by atoms with Crippen molar-refractivity contribution in [3.05, 3.63) is 47.2 Å². The maximum absolute atomic E-state index is 12.7. The second-order valence-corrected chi connectivity index (χ2v) is 8.86. The van der Waals surface area contributed by atoms with E-state index in [-0.39, 0.29) is 24.0 Å². The summed E-state index contributed by atoms with van der Waals surface area (Å²) in [6.07, 6.45) is 3.61. The number of carbonyl (C=O) groups is 2. The average molecular weight is 419 g/mol. The lowest BCUT2D eigenvalue weighted by atomic mass is 9.94. The smallest absolute Gasteiger partial charge is 0.410 e. The lowest BCUT2D eigenvalue weighted by Crippen LogP contribution is -2.52. The number of benzene rings is 1. The van der Waals surface area contributed by atoms with Crippen molar-refractivity contribution < 1.29 is 14.3 Å². The number of piperidine rings is 1. The van der Waals surface area contributed by atoms with Crippen LogP contribution in [0.3, 0.4) is 0 Å². The van der Waals surface area contributed by atoms with Crippen molar-refractivity contribution in [1.29, 1.82) is 0 Å². The van der Waals surface area contributed by atoms with Gasteiger partial charge in [-0.05, 0) is 57.4 Å². The Bertz CT molecular complexity index is 873. The zero-order chi connectivity index (χ0) is 21.2. The van der Waals surface area contributed by atoms with Gasteiger partial charge in [0.25, 0.3) is 5.91 Å². The first-order valence-electron chi connectivity index (χ1n) is 9.72. The van der Waals surface area contributed by atoms with Gasteiger partial charge in [0.2, 0.25) is 0 Å². The molecule has 1 N–H and O–H groups in total. The molecule has 8 heteroatoms. The maximum Gasteiger partial charge on any atom is 0.410 e. The first-order valence-corrected chi connectivity index (χ1v) is 10.1. The minimum absolute atomic E-state index is 0.0138. The van der Waals surface area contributed by atoms with Crippen LogP contribution in [0.15, 0.2) is 36.7 Å². The highest BCUT2D eigenvalue weighted by atomic mass is 35.5. The Morgan fingerprint density at radius 3 is 2.55 bits per heavy atom. The number of rotatable bonds is 3. The first kappa shape index (κ1) is 21.2. The lowest BCUT2D eigenvalue weighted by Gasteiger charge is -2.37. The Morgan fingerprint density at radius 1 is 1.24 bits per heavy atom. The SMILES string of the molecule is C[C@H]1CN(C(=O)OC(C)(C)C)CC[C@H]1NC(=O)c1cnn(-c2ccc(Cl)cc2)c1. The molecule has 2 amide bonds. The normalized spacial score (nSPS) is 19.7. The van der Waals surface area contributed by atoms with E-state index >= 15 is 0 Å². The van der Waals surface area contributed by atoms with Crippen LogP contribution < -0.4 is 5.32 Å². The maximum atomic E-state index is 12.7. The van der Waals surface area contributed by atoms with E-state index in [1.165, 1.54) is 0 Å². The predicted octanol–water partition coefficient (Wildman–Crippen LogP) is 3.90. The number of nitrogens with zero attached hydrogens (tertiary/aromatic N) is 3. The fourth-order valence-corrected chi connectivity index (χ4v) is 3.41. The van der Waals surface area contributed by atoms with Gasteiger partial charge >= 0.3 is 6.09 Å². The van der Waals surface area contributed by atoms with Gasteiger partial charge in [0.05, 0.1) is 17.4 Å². The van der Waals surface area contributed by atoms with Crippen molar-refractivity contribution in [1.82, 2.24) is 20.0 Å². The third-order valence-corrected chi connectivity index (χ3v) is 5.06. The molecule has 2 heterocycles. The molecule has 3 rings (SSSR count). The molecule has 2 atom stereocenters. The van der Waals surface area contributed by atoms with Crippen LogP contribution >= 0.6 is 11.6 Å². The summed E-state index contributed by atoms with van der Waals surface area (Å²) >= 11 is 5.91. The molecule has 1 aliphatic rings. The van der Waals surface area contributed by atoms with Crippen LogP contribution in [0.5, 0.6) is 0 Å². The van der Waals surface area contributed by atoms with Crippen LogP contribution in [-0.4, -0.2) is 51.4 Å². The predicted molar refractivity (Wildman–Crippen MR) is 111 cm³/mol. The topological polar surface area (TPSA) is 76.5 Å². The molecule has 29 heavy (non-hydrogen) atoms. The quantitative estimate of drug-likeness (QED) is 0.820. The Kier molecular flexibility index (Phi) is 6.17. The van der Waals surface area contributed by atoms with E-state index in [4.69, 9.17) is 16.3 Å². The molecule has 0 spiro atoms. The van der Waals surface area contributed by atoms with Crippen molar-refractivity contribution in [2.45, 2.75) is 45.8 Å². The number of likely N-dealkylation sites (tertiary alicyclic amines) is 1. The zero-order valence-electron chi connectivity index (χ0n) is 17.2. The van der Waals surface area contributed by atoms with Crippen molar-refractivity contribution in [3.8, 4) is 5.69 Å². The number of nitrogens with one attached hydrogen (secondary N) is 1. The second-order valence-electron chi connectivity index (χ2n) is 8.42. The summed E-state index contributed by atoms with van der Waals surface area (Å²) in [4.78, 5) is 26.6. The number of hydrogen-bond acceptors (Lipinski definition) is 4. The molecule has 1 aliphatic heterocycles. The van der Waals surface area contributed by atoms with Crippen molar-refractivity contribution in [2.75, 3.05) is 13.1 Å². The molecule has 7 nitrogen and oxygen atoms in total. The summed E-state index contributed by atoms with van der Waals surface area (Å²) in [5.41, 5.74) is 0.796. The lowest BCUT2D eigenvalue weighted by molar-refractivity contribution is 0.0145. The largest absolute Gasteiger partial charge is 0.444 e. The Hall–Kier alpha value is -2.54. The monoisotopic (exact) mass is 418 g/mol. The van der Waals surface area contributed by atoms with Gasteiger partial charge in [-0.25, -0.2) is 9.48 Å². The van der Waals surface area contributed by atoms with Gasteiger partial charge in [-0.2, -0.15) is 5.10 Å². The number of hydrogen-bond donors (Lipinski definition) is 1. The van der Waals surface area contributed by atoms with Crippen LogP contribution in [0.2, 0.25) is 5.02 Å². The number of amides is 2. The molecule has 1 saturated heterocycles. The summed E-state index contributed by atoms with van der Waals surface area (Å²) in [5.74, 6) is -0.0562. The molecular formula is C21H27ClN4O3. The minimum Gasteiger partial charge on any atom is -0.444 e. The minimum atomic E-state index is -0.518. The van der Waals surface area contributed by atoms with Gasteiger partial charge < -0.3 is 15.0 Å². The number of carbonyl (C=O) groups excluding carboxylic acids is 2. The average Bonchev–Trinajstić information content (AvgIpc) is 3.12. The molecule has 0 bridgehead atoms. The van der Waals surface area contributed by atoms with Crippen LogP contribution in [0.1, 0.15) is 44.5 Å². The van der Waals surface area contributed by atoms with Crippen LogP contribution in [0.25, 0.3) is 5.69 Å². The summed E-state index contributed by atoms with van der Waals surface area (Å²) in [5, 5.41) is 7.98. The van der Waals surface area contributed by atoms with Crippen LogP contribution in [0.4, 0.5) is 4.79 Å². The van der Waals surface area contributed by atoms with Crippen LogP contribution in [-0.2, 0) is 4.74 Å². The molecule has 0 saturated carbocycles. The molecule has 0 aliphatic carbocycles. The summed E-state index contributed by atoms with van der Waals surface area (Å²) in [7, 11) is 0. The van der Waals surface area contributed by atoms with Gasteiger partial charge in [-0.15, -0.1) is 0 Å². The number of ether oxygens (including phenoxy) is 1. The Morgan fingerprint density at radius 2 is 1.93 bits per heavy atom. The van der Waals surface area contributed by atoms with E-state index in [0.717, 1.165) is 5.69 Å². The fourth-order valence-electron chi connectivity index (χ4n) is 3.28. The van der Waals surface area contributed by atoms with Crippen molar-refractivity contribution in [3.63, 3.8) is 0 Å². The standard InChI is InChI=1S/C21H27ClN4O3/c1-14-12-25(20(28)29-21(2,3)4)10-9-18(14)24-19(27)15-11-23-26(13-15)17-7-5-16(22)6-8-17/h5-8,11,13-14,18H,9-10,12H2,1-4H3,(H,24,27)/t14-,18+/m0/s1. The van der Waals surface area contributed by atoms with E-state index in [1.807, 2.05) is 39.8 Å². The fraction of sp³-hybridized carbons (Fsp3) is 0.476. The molecule has 156 valence electrons. The summed E-state index contributed by atoms with van der Waals surface area (Å²) in [6.45, 7) is 8.68. The molecule has 0 unspecified atom stereocenters. The number of aromatic nitrogens is 2. The van der Waals surface area contributed by atoms with E-state index < -0.39 is 5.60 Å². The highest BCUT2D eigenvalue weighted by molar-refractivity contribution is 6.30. The molecule has 1 fully saturated rings. The van der Waals surface area contributed by atoms with Gasteiger partial charge in [0.15, 0.2) is 0 Å². The molecular weight excluding hydrogens is 392 g/mol. The highest BCUT2D eigenvalue weighted by Gasteiger charge is 2.32. The van der Waals surface area contributed by atoms with Gasteiger partial charge in [0.1, 0.15) is 5.60 Å². The number of halogens is 1. The third kappa shape index (κ3) is 5.50. The van der Waals surface area contributed by atoms with Gasteiger partial charge in [-0.1, -0.05) is 18.5 Å². The molecule has 2 aromatic rings. The van der Waals surface area contributed by atoms with E-state index in [0.29, 0.717) is 30.1 Å². The van der Waals surface area contributed by atoms with Crippen LogP contribution in [0, 0.1) is 5.92 Å². The zero-order valence-corrected chi connectivity index (χ0v) is 17.9. The van der Waals surface area contributed by atoms with Crippen molar-refractivity contribution >= 4 is 23.6 Å². The Balaban J connectivity index is 1.58. The van der Waals surface area contributed by atoms with E-state index in [9.17, 15) is 9.59 Å². The third-order valence-electron chi connectivity index (χ3n) is 4.81. The van der Waals surface area contributed by atoms with Crippen molar-refractivity contribution in [2.24, 2.45) is 5.92 Å². The van der Waals surface area contributed by atoms with Gasteiger partial charge in [0, 0.05) is 30.4 Å². The second kappa shape index (κ2) is 8.45. The molecule has 1 aromatic heterocycles. The Labute approximate surface area is 176 Å². The van der Waals surface area contributed by atoms with E-state index in [2.05, 4.69) is 10.4 Å².